The molecule has 0 unspecified atom stereocenters. The second-order valence-corrected chi connectivity index (χ2v) is 16.1. The van der Waals surface area contributed by atoms with Crippen molar-refractivity contribution in [3.63, 3.8) is 0 Å². The molecule has 2 heteroatoms. The van der Waals surface area contributed by atoms with Crippen LogP contribution in [-0.4, -0.2) is 9.13 Å². The molecule has 0 spiro atoms. The fourth-order valence-electron chi connectivity index (χ4n) is 10.5. The second kappa shape index (κ2) is 10.2. The van der Waals surface area contributed by atoms with Gasteiger partial charge >= 0.3 is 0 Å². The SMILES string of the molecule is CC1(C)c2cc(-c3ccc(-n4c5cccc6ccc7cccc4c7c65)c4ccccc34)ccc2-c2ccc(-n3c4cccc5ccc6cccc3c6c54)cc21. The molecule has 0 atom stereocenters. The van der Waals surface area contributed by atoms with Crippen molar-refractivity contribution in [2.45, 2.75) is 19.3 Å². The first-order valence-electron chi connectivity index (χ1n) is 19.4. The first-order valence-corrected chi connectivity index (χ1v) is 19.4. The molecular weight excluding hydrogens is 665 g/mol. The second-order valence-electron chi connectivity index (χ2n) is 16.1. The van der Waals surface area contributed by atoms with Crippen LogP contribution in [0.5, 0.6) is 0 Å². The molecule has 0 bridgehead atoms. The van der Waals surface area contributed by atoms with Crippen molar-refractivity contribution in [3.05, 3.63) is 181 Å². The quantitative estimate of drug-likeness (QED) is 0.163. The molecule has 55 heavy (non-hydrogen) atoms. The van der Waals surface area contributed by atoms with Gasteiger partial charge in [-0.25, -0.2) is 0 Å². The molecule has 0 saturated heterocycles. The van der Waals surface area contributed by atoms with Crippen molar-refractivity contribution in [2.75, 3.05) is 0 Å². The van der Waals surface area contributed by atoms with E-state index >= 15 is 0 Å². The van der Waals surface area contributed by atoms with Gasteiger partial charge in [0.1, 0.15) is 0 Å². The van der Waals surface area contributed by atoms with Crippen LogP contribution in [0.4, 0.5) is 0 Å². The van der Waals surface area contributed by atoms with Gasteiger partial charge in [-0.15, -0.1) is 0 Å². The van der Waals surface area contributed by atoms with Crippen LogP contribution in [0.15, 0.2) is 170 Å². The Balaban J connectivity index is 0.968. The normalized spacial score (nSPS) is 13.8. The number of aromatic nitrogens is 2. The molecule has 0 saturated carbocycles. The lowest BCUT2D eigenvalue weighted by molar-refractivity contribution is 0.660. The molecule has 12 aromatic rings. The molecule has 2 nitrogen and oxygen atoms in total. The zero-order valence-corrected chi connectivity index (χ0v) is 30.6. The van der Waals surface area contributed by atoms with E-state index in [4.69, 9.17) is 0 Å². The molecule has 13 rings (SSSR count). The number of fused-ring (bicyclic) bond motifs is 4. The molecule has 0 radical (unpaired) electrons. The molecule has 256 valence electrons. The van der Waals surface area contributed by atoms with E-state index in [1.165, 1.54) is 121 Å². The van der Waals surface area contributed by atoms with Gasteiger partial charge in [-0.1, -0.05) is 135 Å². The predicted molar refractivity (Wildman–Crippen MR) is 233 cm³/mol. The van der Waals surface area contributed by atoms with E-state index < -0.39 is 0 Å². The summed E-state index contributed by atoms with van der Waals surface area (Å²) < 4.78 is 4.96. The lowest BCUT2D eigenvalue weighted by atomic mass is 9.81. The van der Waals surface area contributed by atoms with Crippen LogP contribution in [0.3, 0.4) is 0 Å². The number of rotatable bonds is 3. The molecule has 1 aliphatic rings. The van der Waals surface area contributed by atoms with Crippen LogP contribution in [-0.2, 0) is 5.41 Å². The standard InChI is InChI=1S/C53H34N2/c1-53(2)42-29-35(23-25-39(42)40-26-24-36(30-43(40)53)54-45-15-5-9-31-19-20-32-10-6-16-46(54)50(32)49(31)45)37-27-28-44(41-14-4-3-13-38(37)41)55-47-17-7-11-33-21-22-34-12-8-18-48(55)52(34)51(33)47/h3-30H,1-2H3. The van der Waals surface area contributed by atoms with Gasteiger partial charge in [0.05, 0.1) is 27.8 Å². The minimum atomic E-state index is -0.171. The largest absolute Gasteiger partial charge is 0.309 e. The minimum Gasteiger partial charge on any atom is -0.309 e. The van der Waals surface area contributed by atoms with Crippen LogP contribution in [0.25, 0.3) is 110 Å². The molecule has 1 aliphatic carbocycles. The van der Waals surface area contributed by atoms with E-state index in [1.807, 2.05) is 0 Å². The third-order valence-electron chi connectivity index (χ3n) is 13.0. The van der Waals surface area contributed by atoms with Crippen molar-refractivity contribution in [2.24, 2.45) is 0 Å². The van der Waals surface area contributed by atoms with Crippen molar-refractivity contribution < 1.29 is 0 Å². The fraction of sp³-hybridized carbons (Fsp3) is 0.0566. The average Bonchev–Trinajstić information content (AvgIpc) is 3.83. The molecule has 2 heterocycles. The summed E-state index contributed by atoms with van der Waals surface area (Å²) in [5, 5.41) is 13.1. The fourth-order valence-corrected chi connectivity index (χ4v) is 10.5. The molecule has 2 aromatic heterocycles. The lowest BCUT2D eigenvalue weighted by Gasteiger charge is -2.23. The molecular formula is C53H34N2. The highest BCUT2D eigenvalue weighted by Crippen LogP contribution is 2.51. The number of benzene rings is 10. The molecule has 0 aliphatic heterocycles. The summed E-state index contributed by atoms with van der Waals surface area (Å²) in [4.78, 5) is 0. The van der Waals surface area contributed by atoms with Crippen LogP contribution in [0.2, 0.25) is 0 Å². The van der Waals surface area contributed by atoms with Crippen LogP contribution >= 0.6 is 0 Å². The van der Waals surface area contributed by atoms with Crippen LogP contribution in [0.1, 0.15) is 25.0 Å². The predicted octanol–water partition coefficient (Wildman–Crippen LogP) is 14.2. The third kappa shape index (κ3) is 3.69. The minimum absolute atomic E-state index is 0.171. The molecule has 0 fully saturated rings. The summed E-state index contributed by atoms with van der Waals surface area (Å²) >= 11 is 0. The van der Waals surface area contributed by atoms with Gasteiger partial charge < -0.3 is 9.13 Å². The number of hydrogen-bond donors (Lipinski definition) is 0. The van der Waals surface area contributed by atoms with Crippen LogP contribution in [0, 0.1) is 0 Å². The first kappa shape index (κ1) is 29.5. The van der Waals surface area contributed by atoms with E-state index in [9.17, 15) is 0 Å². The number of nitrogens with zero attached hydrogens (tertiary/aromatic N) is 2. The molecule has 10 aromatic carbocycles. The summed E-state index contributed by atoms with van der Waals surface area (Å²) in [6, 6.07) is 63.8. The Kier molecular flexibility index (Phi) is 5.47. The Hall–Kier alpha value is -6.90. The Morgan fingerprint density at radius 1 is 0.364 bits per heavy atom. The first-order chi connectivity index (χ1) is 27.0. The summed E-state index contributed by atoms with van der Waals surface area (Å²) in [6.07, 6.45) is 0. The maximum atomic E-state index is 2.48. The maximum absolute atomic E-state index is 2.48. The summed E-state index contributed by atoms with van der Waals surface area (Å²) in [5.74, 6) is 0. The van der Waals surface area contributed by atoms with E-state index in [0.717, 1.165) is 0 Å². The van der Waals surface area contributed by atoms with E-state index in [-0.39, 0.29) is 5.41 Å². The summed E-state index contributed by atoms with van der Waals surface area (Å²) in [5.41, 5.74) is 15.2. The van der Waals surface area contributed by atoms with Gasteiger partial charge in [-0.05, 0) is 109 Å². The Morgan fingerprint density at radius 2 is 0.836 bits per heavy atom. The summed E-state index contributed by atoms with van der Waals surface area (Å²) in [6.45, 7) is 4.80. The highest BCUT2D eigenvalue weighted by atomic mass is 15.0. The zero-order valence-electron chi connectivity index (χ0n) is 30.6. The lowest BCUT2D eigenvalue weighted by Crippen LogP contribution is -2.15. The topological polar surface area (TPSA) is 9.86 Å². The smallest absolute Gasteiger partial charge is 0.0547 e. The van der Waals surface area contributed by atoms with Gasteiger partial charge in [-0.2, -0.15) is 0 Å². The van der Waals surface area contributed by atoms with E-state index in [0.29, 0.717) is 0 Å². The monoisotopic (exact) mass is 698 g/mol. The van der Waals surface area contributed by atoms with Gasteiger partial charge in [0.25, 0.3) is 0 Å². The summed E-state index contributed by atoms with van der Waals surface area (Å²) in [7, 11) is 0. The Bertz CT molecular complexity index is 3440. The van der Waals surface area contributed by atoms with Gasteiger partial charge in [0, 0.05) is 38.0 Å². The van der Waals surface area contributed by atoms with Crippen molar-refractivity contribution in [1.29, 1.82) is 0 Å². The molecule has 0 N–H and O–H groups in total. The average molecular weight is 699 g/mol. The third-order valence-corrected chi connectivity index (χ3v) is 13.0. The Labute approximate surface area is 317 Å². The van der Waals surface area contributed by atoms with Crippen molar-refractivity contribution in [3.8, 4) is 33.6 Å². The van der Waals surface area contributed by atoms with E-state index in [1.54, 1.807) is 0 Å². The van der Waals surface area contributed by atoms with Gasteiger partial charge in [-0.3, -0.25) is 0 Å². The van der Waals surface area contributed by atoms with E-state index in [2.05, 4.69) is 193 Å². The van der Waals surface area contributed by atoms with Crippen molar-refractivity contribution >= 4 is 75.9 Å². The highest BCUT2D eigenvalue weighted by Gasteiger charge is 2.36. The van der Waals surface area contributed by atoms with Crippen LogP contribution < -0.4 is 0 Å². The number of hydrogen-bond acceptors (Lipinski definition) is 0. The highest BCUT2D eigenvalue weighted by molar-refractivity contribution is 6.25. The van der Waals surface area contributed by atoms with Crippen molar-refractivity contribution in [1.82, 2.24) is 9.13 Å². The zero-order chi connectivity index (χ0) is 36.2. The van der Waals surface area contributed by atoms with Gasteiger partial charge in [0.2, 0.25) is 0 Å². The molecule has 0 amide bonds. The maximum Gasteiger partial charge on any atom is 0.0547 e. The Morgan fingerprint density at radius 3 is 1.40 bits per heavy atom. The van der Waals surface area contributed by atoms with Gasteiger partial charge in [0.15, 0.2) is 0 Å².